The lowest BCUT2D eigenvalue weighted by atomic mass is 9.72. The minimum Gasteiger partial charge on any atom is -0.457 e. The Hall–Kier alpha value is -0.746. The monoisotopic (exact) mass is 506 g/mol. The normalized spacial score (nSPS) is 16.3. The van der Waals surface area contributed by atoms with Gasteiger partial charge in [0.2, 0.25) is 0 Å². The van der Waals surface area contributed by atoms with Gasteiger partial charge in [0, 0.05) is 16.5 Å². The van der Waals surface area contributed by atoms with Crippen LogP contribution in [0.15, 0.2) is 24.3 Å². The molecule has 0 saturated carbocycles. The molecule has 0 N–H and O–H groups in total. The highest BCUT2D eigenvalue weighted by atomic mass is 35.6. The Kier molecular flexibility index (Phi) is 6.17. The number of hydrogen-bond donors (Lipinski definition) is 0. The van der Waals surface area contributed by atoms with Crippen LogP contribution in [0.4, 0.5) is 0 Å². The molecule has 1 aliphatic rings. The average Bonchev–Trinajstić information content (AvgIpc) is 2.57. The molecule has 0 aliphatic carbocycles. The van der Waals surface area contributed by atoms with Crippen molar-refractivity contribution >= 4 is 47.3 Å². The van der Waals surface area contributed by atoms with E-state index in [0.717, 1.165) is 11.5 Å². The average molecular weight is 508 g/mol. The molecule has 0 aromatic heterocycles. The molecule has 3 rings (SSSR count). The molecule has 2 aromatic carbocycles. The highest BCUT2D eigenvalue weighted by molar-refractivity contribution is 7.27. The molecular formula is C27H40Cl2OSi2. The van der Waals surface area contributed by atoms with Gasteiger partial charge in [-0.05, 0) is 32.3 Å². The minimum absolute atomic E-state index is 0.0279. The molecule has 32 heavy (non-hydrogen) atoms. The van der Waals surface area contributed by atoms with Crippen molar-refractivity contribution in [3.05, 3.63) is 46.5 Å². The summed E-state index contributed by atoms with van der Waals surface area (Å²) in [4.78, 5) is 0. The Morgan fingerprint density at radius 3 is 1.22 bits per heavy atom. The summed E-state index contributed by atoms with van der Waals surface area (Å²) in [6, 6.07) is 9.30. The van der Waals surface area contributed by atoms with Crippen molar-refractivity contribution in [1.82, 2.24) is 0 Å². The van der Waals surface area contributed by atoms with Gasteiger partial charge in [0.15, 0.2) is 14.8 Å². The summed E-state index contributed by atoms with van der Waals surface area (Å²) in [6.07, 6.45) is 0. The van der Waals surface area contributed by atoms with Crippen LogP contribution in [0, 0.1) is 0 Å². The van der Waals surface area contributed by atoms with Crippen LogP contribution < -0.4 is 15.1 Å². The zero-order chi connectivity index (χ0) is 24.7. The molecule has 0 unspecified atom stereocenters. The van der Waals surface area contributed by atoms with Crippen LogP contribution in [0.25, 0.3) is 0 Å². The Labute approximate surface area is 207 Å². The smallest absolute Gasteiger partial charge is 0.185 e. The van der Waals surface area contributed by atoms with Crippen molar-refractivity contribution in [3.63, 3.8) is 0 Å². The fourth-order valence-electron chi connectivity index (χ4n) is 4.40. The van der Waals surface area contributed by atoms with Crippen LogP contribution >= 0.6 is 22.2 Å². The standard InChI is InChI=1S/C27H40Cl2OSi2/c1-25(2,3)17-13-19-23(21(15-17)31(9,10)28)30-24-20(27(19,7)8)14-18(26(4,5)6)16-22(24)32(11,12)29/h13-16H,1-12H3. The van der Waals surface area contributed by atoms with Crippen LogP contribution in [0.1, 0.15) is 77.6 Å². The second-order valence-corrected chi connectivity index (χ2v) is 25.6. The van der Waals surface area contributed by atoms with Gasteiger partial charge in [-0.2, -0.15) is 22.2 Å². The number of hydrogen-bond acceptors (Lipinski definition) is 1. The molecule has 0 bridgehead atoms. The lowest BCUT2D eigenvalue weighted by Crippen LogP contribution is -2.44. The van der Waals surface area contributed by atoms with E-state index in [1.165, 1.54) is 32.6 Å². The molecule has 5 heteroatoms. The third-order valence-electron chi connectivity index (χ3n) is 6.74. The summed E-state index contributed by atoms with van der Waals surface area (Å²) in [7, 11) is -4.37. The summed E-state index contributed by atoms with van der Waals surface area (Å²) in [5.74, 6) is 1.92. The molecule has 1 nitrogen and oxygen atoms in total. The molecule has 0 fully saturated rings. The van der Waals surface area contributed by atoms with E-state index in [0.29, 0.717) is 0 Å². The predicted octanol–water partition coefficient (Wildman–Crippen LogP) is 8.02. The van der Waals surface area contributed by atoms with Gasteiger partial charge >= 0.3 is 0 Å². The maximum atomic E-state index is 7.09. The van der Waals surface area contributed by atoms with E-state index in [2.05, 4.69) is 106 Å². The van der Waals surface area contributed by atoms with E-state index < -0.39 is 14.8 Å². The molecule has 176 valence electrons. The van der Waals surface area contributed by atoms with Gasteiger partial charge in [-0.15, -0.1) is 0 Å². The topological polar surface area (TPSA) is 9.23 Å². The van der Waals surface area contributed by atoms with Crippen LogP contribution in [-0.2, 0) is 16.2 Å². The molecule has 0 atom stereocenters. The van der Waals surface area contributed by atoms with Crippen LogP contribution in [0.5, 0.6) is 11.5 Å². The first-order valence-electron chi connectivity index (χ1n) is 11.6. The van der Waals surface area contributed by atoms with Gasteiger partial charge in [-0.3, -0.25) is 0 Å². The number of fused-ring (bicyclic) bond motifs is 2. The van der Waals surface area contributed by atoms with Gasteiger partial charge in [-0.1, -0.05) is 106 Å². The SMILES string of the molecule is CC(C)(C)c1cc2c(c([Si](C)(C)Cl)c1)Oc1c(cc(C(C)(C)C)cc1[Si](C)(C)Cl)C2(C)C. The zero-order valence-electron chi connectivity index (χ0n) is 22.0. The molecule has 1 aliphatic heterocycles. The first-order valence-corrected chi connectivity index (χ1v) is 19.6. The van der Waals surface area contributed by atoms with Crippen molar-refractivity contribution in [2.24, 2.45) is 0 Å². The van der Waals surface area contributed by atoms with E-state index in [1.54, 1.807) is 0 Å². The summed E-state index contributed by atoms with van der Waals surface area (Å²) in [5.41, 5.74) is 4.93. The van der Waals surface area contributed by atoms with Crippen molar-refractivity contribution in [3.8, 4) is 11.5 Å². The number of rotatable bonds is 2. The zero-order valence-corrected chi connectivity index (χ0v) is 25.5. The molecule has 0 saturated heterocycles. The molecular weight excluding hydrogens is 467 g/mol. The maximum Gasteiger partial charge on any atom is 0.185 e. The van der Waals surface area contributed by atoms with Gasteiger partial charge < -0.3 is 4.74 Å². The number of benzene rings is 2. The Morgan fingerprint density at radius 1 is 0.656 bits per heavy atom. The Bertz CT molecular complexity index is 976. The second kappa shape index (κ2) is 7.63. The van der Waals surface area contributed by atoms with Crippen molar-refractivity contribution in [1.29, 1.82) is 0 Å². The molecule has 0 spiro atoms. The van der Waals surface area contributed by atoms with E-state index in [1.807, 2.05) is 0 Å². The highest BCUT2D eigenvalue weighted by Gasteiger charge is 2.43. The lowest BCUT2D eigenvalue weighted by Gasteiger charge is -2.41. The van der Waals surface area contributed by atoms with Crippen LogP contribution in [0.3, 0.4) is 0 Å². The van der Waals surface area contributed by atoms with Gasteiger partial charge in [0.1, 0.15) is 11.5 Å². The molecule has 1 heterocycles. The highest BCUT2D eigenvalue weighted by Crippen LogP contribution is 2.50. The minimum atomic E-state index is -2.19. The quantitative estimate of drug-likeness (QED) is 0.295. The van der Waals surface area contributed by atoms with Crippen LogP contribution in [0.2, 0.25) is 26.2 Å². The van der Waals surface area contributed by atoms with E-state index in [-0.39, 0.29) is 16.2 Å². The van der Waals surface area contributed by atoms with Gasteiger partial charge in [0.05, 0.1) is 0 Å². The van der Waals surface area contributed by atoms with Crippen molar-refractivity contribution in [2.75, 3.05) is 0 Å². The fourth-order valence-corrected chi connectivity index (χ4v) is 7.69. The van der Waals surface area contributed by atoms with Gasteiger partial charge in [0.25, 0.3) is 0 Å². The third-order valence-corrected chi connectivity index (χ3v) is 11.3. The van der Waals surface area contributed by atoms with Crippen molar-refractivity contribution < 1.29 is 4.74 Å². The maximum absolute atomic E-state index is 7.09. The van der Waals surface area contributed by atoms with Crippen molar-refractivity contribution in [2.45, 2.75) is 97.8 Å². The largest absolute Gasteiger partial charge is 0.457 e. The van der Waals surface area contributed by atoms with E-state index in [4.69, 9.17) is 26.9 Å². The molecule has 0 amide bonds. The Balaban J connectivity index is 2.45. The second-order valence-electron chi connectivity index (χ2n) is 13.0. The summed E-state index contributed by atoms with van der Waals surface area (Å²) >= 11 is 14.2. The summed E-state index contributed by atoms with van der Waals surface area (Å²) in [6.45, 7) is 27.0. The third kappa shape index (κ3) is 4.60. The Morgan fingerprint density at radius 2 is 0.969 bits per heavy atom. The molecule has 2 aromatic rings. The lowest BCUT2D eigenvalue weighted by molar-refractivity contribution is 0.421. The van der Waals surface area contributed by atoms with Gasteiger partial charge in [-0.25, -0.2) is 0 Å². The first kappa shape index (κ1) is 25.9. The summed E-state index contributed by atoms with van der Waals surface area (Å²) < 4.78 is 6.86. The summed E-state index contributed by atoms with van der Waals surface area (Å²) in [5, 5.41) is 2.36. The molecule has 0 radical (unpaired) electrons. The fraction of sp³-hybridized carbons (Fsp3) is 0.556. The van der Waals surface area contributed by atoms with E-state index >= 15 is 0 Å². The number of ether oxygens (including phenoxy) is 1. The first-order chi connectivity index (χ1) is 14.1. The van der Waals surface area contributed by atoms with E-state index in [9.17, 15) is 0 Å². The number of halogens is 2. The van der Waals surface area contributed by atoms with Crippen LogP contribution in [-0.4, -0.2) is 14.8 Å². The predicted molar refractivity (Wildman–Crippen MR) is 148 cm³/mol.